The van der Waals surface area contributed by atoms with E-state index >= 15 is 0 Å². The molecule has 8 nitrogen and oxygen atoms in total. The van der Waals surface area contributed by atoms with Crippen LogP contribution in [0.2, 0.25) is 0 Å². The van der Waals surface area contributed by atoms with E-state index in [9.17, 15) is 24.9 Å². The Labute approximate surface area is 218 Å². The Morgan fingerprint density at radius 2 is 1.76 bits per heavy atom. The van der Waals surface area contributed by atoms with E-state index < -0.39 is 45.3 Å². The first kappa shape index (κ1) is 25.9. The standard InChI is InChI=1S/C29H42O8/c1-15-13-21(36-23(31)16(15)2)26(5,32)28(34)12-11-27(33)18-14-22-29(37-22)20(35-6)8-7-19(30)25(29,4)17(18)9-10-24(27,28)3/h17-18,20-22,32-34H,7-14H2,1-6H3/t17-,18+,20-,21?,22+,24-,25-,26-,27+,28-,29+/m0/s1. The molecule has 0 aromatic carbocycles. The van der Waals surface area contributed by atoms with Gasteiger partial charge in [-0.25, -0.2) is 4.79 Å². The fraction of sp³-hybridized carbons (Fsp3) is 0.862. The highest BCUT2D eigenvalue weighted by molar-refractivity contribution is 5.90. The van der Waals surface area contributed by atoms with E-state index in [-0.39, 0.29) is 36.2 Å². The van der Waals surface area contributed by atoms with Gasteiger partial charge in [-0.3, -0.25) is 4.79 Å². The van der Waals surface area contributed by atoms with Crippen LogP contribution >= 0.6 is 0 Å². The Hall–Kier alpha value is -1.32. The summed E-state index contributed by atoms with van der Waals surface area (Å²) in [4.78, 5) is 26.1. The number of Topliss-reactive ketones (excluding diaryl/α,β-unsaturated/α-hetero) is 1. The van der Waals surface area contributed by atoms with Crippen molar-refractivity contribution in [1.82, 2.24) is 0 Å². The van der Waals surface area contributed by atoms with Crippen LogP contribution in [-0.2, 0) is 23.8 Å². The van der Waals surface area contributed by atoms with E-state index in [0.717, 1.165) is 5.57 Å². The highest BCUT2D eigenvalue weighted by Crippen LogP contribution is 2.75. The molecule has 2 aliphatic heterocycles. The number of cyclic esters (lactones) is 1. The molecule has 0 aromatic heterocycles. The van der Waals surface area contributed by atoms with Crippen LogP contribution < -0.4 is 0 Å². The summed E-state index contributed by atoms with van der Waals surface area (Å²) >= 11 is 0. The summed E-state index contributed by atoms with van der Waals surface area (Å²) in [6.07, 6.45) is 2.30. The minimum atomic E-state index is -1.78. The topological polar surface area (TPSA) is 126 Å². The molecule has 8 heteroatoms. The average molecular weight is 519 g/mol. The molecule has 1 unspecified atom stereocenters. The first-order valence-electron chi connectivity index (χ1n) is 13.9. The highest BCUT2D eigenvalue weighted by Gasteiger charge is 2.84. The Kier molecular flexibility index (Phi) is 5.22. The summed E-state index contributed by atoms with van der Waals surface area (Å²) < 4.78 is 17.9. The lowest BCUT2D eigenvalue weighted by Gasteiger charge is -2.64. The minimum Gasteiger partial charge on any atom is -0.455 e. The molecule has 2 heterocycles. The lowest BCUT2D eigenvalue weighted by atomic mass is 9.41. The Morgan fingerprint density at radius 1 is 1.05 bits per heavy atom. The van der Waals surface area contributed by atoms with Gasteiger partial charge in [0, 0.05) is 30.9 Å². The molecule has 37 heavy (non-hydrogen) atoms. The zero-order valence-electron chi connectivity index (χ0n) is 22.9. The van der Waals surface area contributed by atoms with Crippen molar-refractivity contribution in [3.8, 4) is 0 Å². The van der Waals surface area contributed by atoms with Crippen LogP contribution in [0.1, 0.15) is 86.0 Å². The summed E-state index contributed by atoms with van der Waals surface area (Å²) in [5, 5.41) is 36.9. The van der Waals surface area contributed by atoms with E-state index in [1.807, 2.05) is 20.8 Å². The van der Waals surface area contributed by atoms with Crippen LogP contribution in [0.5, 0.6) is 0 Å². The summed E-state index contributed by atoms with van der Waals surface area (Å²) in [7, 11) is 1.68. The van der Waals surface area contributed by atoms with Crippen LogP contribution in [-0.4, -0.2) is 74.9 Å². The smallest absolute Gasteiger partial charge is 0.334 e. The molecule has 0 aromatic rings. The highest BCUT2D eigenvalue weighted by atomic mass is 16.6. The number of ketones is 1. The lowest BCUT2D eigenvalue weighted by Crippen LogP contribution is -2.74. The van der Waals surface area contributed by atoms with Crippen molar-refractivity contribution in [3.63, 3.8) is 0 Å². The van der Waals surface area contributed by atoms with Crippen LogP contribution in [0.4, 0.5) is 0 Å². The first-order valence-corrected chi connectivity index (χ1v) is 13.9. The molecule has 11 atom stereocenters. The fourth-order valence-electron chi connectivity index (χ4n) is 10.1. The summed E-state index contributed by atoms with van der Waals surface area (Å²) in [5.41, 5.74) is -5.89. The normalized spacial score (nSPS) is 54.5. The number of methoxy groups -OCH3 is 1. The van der Waals surface area contributed by atoms with Gasteiger partial charge in [0.2, 0.25) is 0 Å². The zero-order chi connectivity index (χ0) is 27.0. The van der Waals surface area contributed by atoms with Gasteiger partial charge in [0.15, 0.2) is 0 Å². The van der Waals surface area contributed by atoms with E-state index in [1.165, 1.54) is 0 Å². The zero-order valence-corrected chi connectivity index (χ0v) is 22.9. The fourth-order valence-corrected chi connectivity index (χ4v) is 10.1. The molecule has 3 N–H and O–H groups in total. The van der Waals surface area contributed by atoms with E-state index in [4.69, 9.17) is 14.2 Å². The van der Waals surface area contributed by atoms with Crippen LogP contribution in [0.25, 0.3) is 0 Å². The maximum atomic E-state index is 13.6. The summed E-state index contributed by atoms with van der Waals surface area (Å²) in [5.74, 6) is -0.677. The molecule has 1 spiro atoms. The third-order valence-corrected chi connectivity index (χ3v) is 12.7. The van der Waals surface area contributed by atoms with Gasteiger partial charge in [0.1, 0.15) is 28.7 Å². The van der Waals surface area contributed by atoms with Gasteiger partial charge in [-0.05, 0) is 78.1 Å². The minimum absolute atomic E-state index is 0.109. The van der Waals surface area contributed by atoms with Crippen molar-refractivity contribution in [1.29, 1.82) is 0 Å². The number of rotatable bonds is 3. The number of hydrogen-bond donors (Lipinski definition) is 3. The van der Waals surface area contributed by atoms with Crippen molar-refractivity contribution in [2.45, 2.75) is 127 Å². The van der Waals surface area contributed by atoms with Crippen molar-refractivity contribution in [3.05, 3.63) is 11.1 Å². The third kappa shape index (κ3) is 2.67. The number of carbonyl (C=O) groups excluding carboxylic acids is 2. The largest absolute Gasteiger partial charge is 0.455 e. The molecule has 4 saturated carbocycles. The predicted molar refractivity (Wildman–Crippen MR) is 132 cm³/mol. The van der Waals surface area contributed by atoms with E-state index in [0.29, 0.717) is 50.5 Å². The number of esters is 1. The second kappa shape index (κ2) is 7.45. The van der Waals surface area contributed by atoms with Gasteiger partial charge in [0.25, 0.3) is 0 Å². The lowest BCUT2D eigenvalue weighted by molar-refractivity contribution is -0.284. The predicted octanol–water partition coefficient (Wildman–Crippen LogP) is 2.60. The number of carbonyl (C=O) groups is 2. The van der Waals surface area contributed by atoms with Crippen LogP contribution in [0.3, 0.4) is 0 Å². The van der Waals surface area contributed by atoms with Gasteiger partial charge < -0.3 is 29.5 Å². The molecule has 4 aliphatic carbocycles. The number of aliphatic hydroxyl groups is 3. The second-order valence-corrected chi connectivity index (χ2v) is 13.5. The average Bonchev–Trinajstić information content (AvgIpc) is 3.53. The number of fused-ring (bicyclic) bond motifs is 4. The van der Waals surface area contributed by atoms with Crippen LogP contribution in [0, 0.1) is 22.7 Å². The maximum Gasteiger partial charge on any atom is 0.334 e. The Bertz CT molecular complexity index is 1100. The second-order valence-electron chi connectivity index (χ2n) is 13.5. The third-order valence-electron chi connectivity index (χ3n) is 12.7. The molecular formula is C29H42O8. The van der Waals surface area contributed by atoms with Crippen molar-refractivity contribution in [2.75, 3.05) is 7.11 Å². The Morgan fingerprint density at radius 3 is 2.41 bits per heavy atom. The SMILES string of the molecule is CO[C@H]1CCC(=O)[C@]2(C)[C@H]3CC[C@]4(C)[C@](O)([C@@](C)(O)C5CC(C)=C(C)C(=O)O5)CC[C@@]4(O)[C@@H]3C[C@H]3O[C@]132. The first-order chi connectivity index (χ1) is 17.2. The molecular weight excluding hydrogens is 476 g/mol. The maximum absolute atomic E-state index is 13.6. The van der Waals surface area contributed by atoms with E-state index in [1.54, 1.807) is 21.0 Å². The molecule has 1 saturated heterocycles. The van der Waals surface area contributed by atoms with Gasteiger partial charge in [-0.2, -0.15) is 0 Å². The van der Waals surface area contributed by atoms with Crippen molar-refractivity contribution < 1.29 is 39.1 Å². The van der Waals surface area contributed by atoms with Gasteiger partial charge in [-0.1, -0.05) is 12.5 Å². The van der Waals surface area contributed by atoms with Crippen LogP contribution in [0.15, 0.2) is 11.1 Å². The Balaban J connectivity index is 1.38. The van der Waals surface area contributed by atoms with Gasteiger partial charge >= 0.3 is 5.97 Å². The summed E-state index contributed by atoms with van der Waals surface area (Å²) in [6.45, 7) is 8.99. The molecule has 6 rings (SSSR count). The number of epoxide rings is 1. The quantitative estimate of drug-likeness (QED) is 0.385. The van der Waals surface area contributed by atoms with Gasteiger partial charge in [0.05, 0.1) is 23.2 Å². The van der Waals surface area contributed by atoms with Crippen molar-refractivity contribution in [2.24, 2.45) is 22.7 Å². The number of hydrogen-bond acceptors (Lipinski definition) is 8. The monoisotopic (exact) mass is 518 g/mol. The van der Waals surface area contributed by atoms with E-state index in [2.05, 4.69) is 0 Å². The van der Waals surface area contributed by atoms with Gasteiger partial charge in [-0.15, -0.1) is 0 Å². The molecule has 0 radical (unpaired) electrons. The molecule has 6 aliphatic rings. The number of ether oxygens (including phenoxy) is 3. The molecule has 5 fully saturated rings. The summed E-state index contributed by atoms with van der Waals surface area (Å²) in [6, 6.07) is 0. The molecule has 0 amide bonds. The molecule has 0 bridgehead atoms. The molecule has 206 valence electrons. The van der Waals surface area contributed by atoms with Crippen molar-refractivity contribution >= 4 is 11.8 Å².